The molecule has 7 heteroatoms. The molecule has 1 aliphatic rings. The summed E-state index contributed by atoms with van der Waals surface area (Å²) in [6, 6.07) is 1.92. The van der Waals surface area contributed by atoms with Gasteiger partial charge in [-0.2, -0.15) is 10.1 Å². The third-order valence-electron chi connectivity index (χ3n) is 3.52. The van der Waals surface area contributed by atoms with Crippen molar-refractivity contribution in [2.45, 2.75) is 39.0 Å². The van der Waals surface area contributed by atoms with Crippen molar-refractivity contribution in [3.63, 3.8) is 0 Å². The van der Waals surface area contributed by atoms with Gasteiger partial charge >= 0.3 is 0 Å². The number of hydrogen-bond acceptors (Lipinski definition) is 6. The Morgan fingerprint density at radius 1 is 1.43 bits per heavy atom. The Balaban J connectivity index is 1.55. The molecule has 1 fully saturated rings. The zero-order valence-electron chi connectivity index (χ0n) is 12.5. The van der Waals surface area contributed by atoms with Crippen molar-refractivity contribution in [1.29, 1.82) is 0 Å². The molecule has 1 saturated heterocycles. The lowest BCUT2D eigenvalue weighted by molar-refractivity contribution is -0.0410. The highest BCUT2D eigenvalue weighted by Crippen LogP contribution is 2.14. The zero-order valence-corrected chi connectivity index (χ0v) is 12.5. The van der Waals surface area contributed by atoms with Gasteiger partial charge in [0.2, 0.25) is 5.89 Å². The molecule has 114 valence electrons. The van der Waals surface area contributed by atoms with E-state index in [2.05, 4.69) is 20.1 Å². The molecule has 1 atom stereocenters. The zero-order chi connectivity index (χ0) is 14.7. The van der Waals surface area contributed by atoms with Crippen molar-refractivity contribution in [1.82, 2.24) is 24.8 Å². The van der Waals surface area contributed by atoms with Crippen LogP contribution in [0.25, 0.3) is 0 Å². The van der Waals surface area contributed by atoms with Gasteiger partial charge in [-0.25, -0.2) is 0 Å². The van der Waals surface area contributed by atoms with Gasteiger partial charge in [-0.05, 0) is 6.07 Å². The van der Waals surface area contributed by atoms with Crippen LogP contribution in [0, 0.1) is 0 Å². The lowest BCUT2D eigenvalue weighted by Crippen LogP contribution is -2.43. The van der Waals surface area contributed by atoms with Crippen LogP contribution < -0.4 is 0 Å². The number of morpholine rings is 1. The van der Waals surface area contributed by atoms with Gasteiger partial charge in [0, 0.05) is 31.4 Å². The van der Waals surface area contributed by atoms with Gasteiger partial charge in [0.1, 0.15) is 0 Å². The fraction of sp³-hybridized carbons (Fsp3) is 0.643. The first-order chi connectivity index (χ1) is 10.2. The Morgan fingerprint density at radius 2 is 2.33 bits per heavy atom. The van der Waals surface area contributed by atoms with Crippen molar-refractivity contribution >= 4 is 0 Å². The third kappa shape index (κ3) is 3.68. The van der Waals surface area contributed by atoms with Crippen LogP contribution in [0.1, 0.15) is 31.5 Å². The van der Waals surface area contributed by atoms with Crippen LogP contribution in [0.5, 0.6) is 0 Å². The second-order valence-electron chi connectivity index (χ2n) is 5.66. The van der Waals surface area contributed by atoms with Crippen LogP contribution in [0.2, 0.25) is 0 Å². The highest BCUT2D eigenvalue weighted by molar-refractivity contribution is 4.91. The molecule has 0 aromatic carbocycles. The average molecular weight is 291 g/mol. The summed E-state index contributed by atoms with van der Waals surface area (Å²) in [4.78, 5) is 6.73. The molecule has 0 saturated carbocycles. The number of hydrogen-bond donors (Lipinski definition) is 0. The second kappa shape index (κ2) is 6.36. The van der Waals surface area contributed by atoms with Gasteiger partial charge in [0.05, 0.1) is 25.8 Å². The fourth-order valence-corrected chi connectivity index (χ4v) is 2.42. The van der Waals surface area contributed by atoms with Crippen molar-refractivity contribution in [3.8, 4) is 0 Å². The van der Waals surface area contributed by atoms with E-state index in [9.17, 15) is 0 Å². The molecule has 3 heterocycles. The Kier molecular flexibility index (Phi) is 4.31. The van der Waals surface area contributed by atoms with Crippen molar-refractivity contribution < 1.29 is 9.26 Å². The number of aromatic nitrogens is 4. The molecule has 0 amide bonds. The summed E-state index contributed by atoms with van der Waals surface area (Å²) in [5, 5.41) is 8.27. The summed E-state index contributed by atoms with van der Waals surface area (Å²) in [7, 11) is 0. The molecule has 3 rings (SSSR count). The molecule has 7 nitrogen and oxygen atoms in total. The Morgan fingerprint density at radius 3 is 3.05 bits per heavy atom. The van der Waals surface area contributed by atoms with E-state index in [-0.39, 0.29) is 12.0 Å². The summed E-state index contributed by atoms with van der Waals surface area (Å²) in [6.07, 6.45) is 3.89. The van der Waals surface area contributed by atoms with Crippen molar-refractivity contribution in [3.05, 3.63) is 30.2 Å². The van der Waals surface area contributed by atoms with Gasteiger partial charge in [0.25, 0.3) is 0 Å². The summed E-state index contributed by atoms with van der Waals surface area (Å²) < 4.78 is 12.9. The van der Waals surface area contributed by atoms with E-state index < -0.39 is 0 Å². The van der Waals surface area contributed by atoms with E-state index in [0.29, 0.717) is 12.4 Å². The Hall–Kier alpha value is -1.73. The van der Waals surface area contributed by atoms with Crippen LogP contribution >= 0.6 is 0 Å². The standard InChI is InChI=1S/C14H21N5O2/c1-11(2)14-16-13(17-21-14)10-18-6-7-20-12(8-18)9-19-5-3-4-15-19/h3-5,11-12H,6-10H2,1-2H3/t12-/m0/s1. The number of rotatable bonds is 5. The molecule has 2 aromatic heterocycles. The first-order valence-corrected chi connectivity index (χ1v) is 7.34. The normalized spacial score (nSPS) is 20.2. The maximum atomic E-state index is 5.80. The Bertz CT molecular complexity index is 551. The van der Waals surface area contributed by atoms with E-state index >= 15 is 0 Å². The minimum absolute atomic E-state index is 0.148. The molecule has 0 N–H and O–H groups in total. The molecule has 21 heavy (non-hydrogen) atoms. The highest BCUT2D eigenvalue weighted by Gasteiger charge is 2.22. The summed E-state index contributed by atoms with van der Waals surface area (Å²) >= 11 is 0. The van der Waals surface area contributed by atoms with Gasteiger partial charge < -0.3 is 9.26 Å². The summed E-state index contributed by atoms with van der Waals surface area (Å²) in [5.74, 6) is 1.72. The lowest BCUT2D eigenvalue weighted by atomic mass is 10.2. The van der Waals surface area contributed by atoms with Crippen molar-refractivity contribution in [2.75, 3.05) is 19.7 Å². The minimum Gasteiger partial charge on any atom is -0.374 e. The lowest BCUT2D eigenvalue weighted by Gasteiger charge is -2.31. The predicted octanol–water partition coefficient (Wildman–Crippen LogP) is 1.29. The molecular formula is C14H21N5O2. The summed E-state index contributed by atoms with van der Waals surface area (Å²) in [6.45, 7) is 8.04. The molecule has 1 aliphatic heterocycles. The fourth-order valence-electron chi connectivity index (χ4n) is 2.42. The minimum atomic E-state index is 0.148. The maximum Gasteiger partial charge on any atom is 0.229 e. The number of ether oxygens (including phenoxy) is 1. The monoisotopic (exact) mass is 291 g/mol. The van der Waals surface area contributed by atoms with E-state index in [0.717, 1.165) is 32.1 Å². The van der Waals surface area contributed by atoms with Gasteiger partial charge in [-0.3, -0.25) is 9.58 Å². The molecule has 0 bridgehead atoms. The SMILES string of the molecule is CC(C)c1nc(CN2CCO[C@H](Cn3cccn3)C2)no1. The van der Waals surface area contributed by atoms with E-state index in [1.165, 1.54) is 0 Å². The van der Waals surface area contributed by atoms with Gasteiger partial charge in [0.15, 0.2) is 5.82 Å². The predicted molar refractivity (Wildman–Crippen MR) is 75.6 cm³/mol. The topological polar surface area (TPSA) is 69.2 Å². The van der Waals surface area contributed by atoms with Crippen LogP contribution in [-0.4, -0.2) is 50.6 Å². The first kappa shape index (κ1) is 14.2. The molecule has 0 unspecified atom stereocenters. The van der Waals surface area contributed by atoms with Crippen LogP contribution in [-0.2, 0) is 17.8 Å². The van der Waals surface area contributed by atoms with E-state index in [1.54, 1.807) is 6.20 Å². The molecule has 0 spiro atoms. The first-order valence-electron chi connectivity index (χ1n) is 7.34. The van der Waals surface area contributed by atoms with Crippen LogP contribution in [0.4, 0.5) is 0 Å². The van der Waals surface area contributed by atoms with E-state index in [1.807, 2.05) is 30.8 Å². The number of nitrogens with zero attached hydrogens (tertiary/aromatic N) is 5. The Labute approximate surface area is 123 Å². The smallest absolute Gasteiger partial charge is 0.229 e. The van der Waals surface area contributed by atoms with Crippen LogP contribution in [0.15, 0.2) is 23.0 Å². The largest absolute Gasteiger partial charge is 0.374 e. The summed E-state index contributed by atoms with van der Waals surface area (Å²) in [5.41, 5.74) is 0. The van der Waals surface area contributed by atoms with Crippen molar-refractivity contribution in [2.24, 2.45) is 0 Å². The van der Waals surface area contributed by atoms with Gasteiger partial charge in [-0.15, -0.1) is 0 Å². The van der Waals surface area contributed by atoms with Crippen LogP contribution in [0.3, 0.4) is 0 Å². The highest BCUT2D eigenvalue weighted by atomic mass is 16.5. The molecule has 0 radical (unpaired) electrons. The van der Waals surface area contributed by atoms with Gasteiger partial charge in [-0.1, -0.05) is 19.0 Å². The maximum absolute atomic E-state index is 5.80. The second-order valence-corrected chi connectivity index (χ2v) is 5.66. The van der Waals surface area contributed by atoms with E-state index in [4.69, 9.17) is 9.26 Å². The quantitative estimate of drug-likeness (QED) is 0.827. The molecule has 2 aromatic rings. The molecule has 0 aliphatic carbocycles. The third-order valence-corrected chi connectivity index (χ3v) is 3.52. The average Bonchev–Trinajstić information content (AvgIpc) is 3.11. The molecular weight excluding hydrogens is 270 g/mol.